The summed E-state index contributed by atoms with van der Waals surface area (Å²) in [7, 11) is 0. The molecule has 2 aromatic rings. The van der Waals surface area contributed by atoms with Gasteiger partial charge in [-0.05, 0) is 44.2 Å². The molecule has 2 unspecified atom stereocenters. The number of aromatic nitrogens is 1. The van der Waals surface area contributed by atoms with Crippen LogP contribution in [0.2, 0.25) is 0 Å². The van der Waals surface area contributed by atoms with Gasteiger partial charge >= 0.3 is 0 Å². The fourth-order valence-electron chi connectivity index (χ4n) is 3.11. The molecular weight excluding hydrogens is 282 g/mol. The summed E-state index contributed by atoms with van der Waals surface area (Å²) < 4.78 is 0. The zero-order chi connectivity index (χ0) is 15.1. The highest BCUT2D eigenvalue weighted by Gasteiger charge is 2.31. The van der Waals surface area contributed by atoms with Crippen molar-refractivity contribution in [1.82, 2.24) is 9.88 Å². The number of nitrogens with two attached hydrogens (primary N) is 1. The summed E-state index contributed by atoms with van der Waals surface area (Å²) in [5.41, 5.74) is 7.92. The number of hydrogen-bond donors (Lipinski definition) is 1. The van der Waals surface area contributed by atoms with Gasteiger partial charge in [-0.2, -0.15) is 0 Å². The van der Waals surface area contributed by atoms with Crippen LogP contribution in [-0.4, -0.2) is 28.4 Å². The van der Waals surface area contributed by atoms with Crippen LogP contribution in [-0.2, 0) is 0 Å². The number of piperidine rings is 1. The van der Waals surface area contributed by atoms with E-state index in [0.29, 0.717) is 16.5 Å². The minimum absolute atomic E-state index is 0.0638. The average molecular weight is 303 g/mol. The third-order valence-electron chi connectivity index (χ3n) is 4.67. The first-order chi connectivity index (χ1) is 10.0. The van der Waals surface area contributed by atoms with E-state index in [1.54, 1.807) is 6.20 Å². The van der Waals surface area contributed by atoms with Crippen molar-refractivity contribution in [2.24, 2.45) is 5.92 Å². The number of fused-ring (bicyclic) bond motifs is 1. The monoisotopic (exact) mass is 303 g/mol. The van der Waals surface area contributed by atoms with E-state index in [1.165, 1.54) is 17.8 Å². The summed E-state index contributed by atoms with van der Waals surface area (Å²) in [4.78, 5) is 20.7. The molecule has 5 heteroatoms. The van der Waals surface area contributed by atoms with Gasteiger partial charge in [-0.25, -0.2) is 4.98 Å². The van der Waals surface area contributed by atoms with Crippen molar-refractivity contribution in [2.45, 2.75) is 39.7 Å². The number of rotatable bonds is 1. The maximum absolute atomic E-state index is 12.9. The van der Waals surface area contributed by atoms with Crippen LogP contribution in [0.1, 0.15) is 41.9 Å². The van der Waals surface area contributed by atoms with E-state index in [2.05, 4.69) is 18.8 Å². The van der Waals surface area contributed by atoms with Crippen LogP contribution in [0.4, 0.5) is 5.69 Å². The molecule has 0 radical (unpaired) electrons. The number of nitrogens with zero attached hydrogens (tertiary/aromatic N) is 2. The molecule has 1 aliphatic rings. The predicted molar refractivity (Wildman–Crippen MR) is 87.7 cm³/mol. The predicted octanol–water partition coefficient (Wildman–Crippen LogP) is 3.45. The molecule has 0 aromatic carbocycles. The highest BCUT2D eigenvalue weighted by molar-refractivity contribution is 7.21. The van der Waals surface area contributed by atoms with Crippen LogP contribution < -0.4 is 5.73 Å². The first-order valence-electron chi connectivity index (χ1n) is 7.45. The standard InChI is InChI=1S/C16H21N3OS/c1-9-5-4-8-19(11(9)3)16(20)14-13(17)12-10(2)6-7-18-15(12)21-14/h6-7,9,11H,4-5,8,17H2,1-3H3. The van der Waals surface area contributed by atoms with Crippen molar-refractivity contribution in [3.8, 4) is 0 Å². The van der Waals surface area contributed by atoms with Gasteiger partial charge in [-0.15, -0.1) is 11.3 Å². The Morgan fingerprint density at radius 2 is 2.24 bits per heavy atom. The van der Waals surface area contributed by atoms with Crippen molar-refractivity contribution >= 4 is 33.1 Å². The highest BCUT2D eigenvalue weighted by Crippen LogP contribution is 2.36. The summed E-state index contributed by atoms with van der Waals surface area (Å²) in [6.07, 6.45) is 4.03. The van der Waals surface area contributed by atoms with Gasteiger partial charge in [0.05, 0.1) is 5.69 Å². The third kappa shape index (κ3) is 2.29. The SMILES string of the molecule is Cc1ccnc2sc(C(=O)N3CCCC(C)C3C)c(N)c12. The number of likely N-dealkylation sites (tertiary alicyclic amines) is 1. The molecule has 0 bridgehead atoms. The van der Waals surface area contributed by atoms with Crippen LogP contribution in [0, 0.1) is 12.8 Å². The Bertz CT molecular complexity index is 694. The summed E-state index contributed by atoms with van der Waals surface area (Å²) in [5.74, 6) is 0.604. The Balaban J connectivity index is 2.02. The highest BCUT2D eigenvalue weighted by atomic mass is 32.1. The molecule has 21 heavy (non-hydrogen) atoms. The Labute approximate surface area is 129 Å². The van der Waals surface area contributed by atoms with E-state index in [9.17, 15) is 4.79 Å². The molecule has 1 saturated heterocycles. The molecule has 3 heterocycles. The molecule has 2 aromatic heterocycles. The number of pyridine rings is 1. The minimum atomic E-state index is 0.0638. The van der Waals surface area contributed by atoms with Crippen LogP contribution >= 0.6 is 11.3 Å². The Kier molecular flexibility index (Phi) is 3.61. The number of amides is 1. The Morgan fingerprint density at radius 1 is 1.48 bits per heavy atom. The quantitative estimate of drug-likeness (QED) is 0.878. The first kappa shape index (κ1) is 14.3. The summed E-state index contributed by atoms with van der Waals surface area (Å²) >= 11 is 1.42. The summed E-state index contributed by atoms with van der Waals surface area (Å²) in [6, 6.07) is 2.20. The van der Waals surface area contributed by atoms with Gasteiger partial charge in [0.1, 0.15) is 9.71 Å². The van der Waals surface area contributed by atoms with Crippen LogP contribution in [0.3, 0.4) is 0 Å². The molecule has 0 saturated carbocycles. The number of hydrogen-bond acceptors (Lipinski definition) is 4. The zero-order valence-corrected chi connectivity index (χ0v) is 13.5. The molecule has 4 nitrogen and oxygen atoms in total. The lowest BCUT2D eigenvalue weighted by atomic mass is 9.92. The van der Waals surface area contributed by atoms with Gasteiger partial charge in [0.15, 0.2) is 0 Å². The topological polar surface area (TPSA) is 59.2 Å². The zero-order valence-electron chi connectivity index (χ0n) is 12.7. The third-order valence-corrected chi connectivity index (χ3v) is 5.77. The van der Waals surface area contributed by atoms with E-state index in [1.807, 2.05) is 17.9 Å². The van der Waals surface area contributed by atoms with Crippen LogP contribution in [0.25, 0.3) is 10.2 Å². The lowest BCUT2D eigenvalue weighted by Gasteiger charge is -2.37. The van der Waals surface area contributed by atoms with E-state index in [-0.39, 0.29) is 11.9 Å². The largest absolute Gasteiger partial charge is 0.397 e. The fraction of sp³-hybridized carbons (Fsp3) is 0.500. The van der Waals surface area contributed by atoms with Crippen molar-refractivity contribution in [3.05, 3.63) is 22.7 Å². The molecule has 0 aliphatic carbocycles. The van der Waals surface area contributed by atoms with Gasteiger partial charge in [-0.1, -0.05) is 6.92 Å². The van der Waals surface area contributed by atoms with Gasteiger partial charge in [0.25, 0.3) is 5.91 Å². The average Bonchev–Trinajstić information content (AvgIpc) is 2.80. The molecule has 2 N–H and O–H groups in total. The second-order valence-corrected chi connectivity index (χ2v) is 7.01. The molecule has 2 atom stereocenters. The number of aryl methyl sites for hydroxylation is 1. The van der Waals surface area contributed by atoms with E-state index >= 15 is 0 Å². The van der Waals surface area contributed by atoms with E-state index < -0.39 is 0 Å². The second kappa shape index (κ2) is 5.30. The Hall–Kier alpha value is -1.62. The Morgan fingerprint density at radius 3 is 2.95 bits per heavy atom. The van der Waals surface area contributed by atoms with Crippen molar-refractivity contribution in [2.75, 3.05) is 12.3 Å². The second-order valence-electron chi connectivity index (χ2n) is 6.01. The van der Waals surface area contributed by atoms with Gasteiger partial charge in [-0.3, -0.25) is 4.79 Å². The summed E-state index contributed by atoms with van der Waals surface area (Å²) in [5, 5.41) is 0.934. The lowest BCUT2D eigenvalue weighted by molar-refractivity contribution is 0.0557. The summed E-state index contributed by atoms with van der Waals surface area (Å²) in [6.45, 7) is 7.18. The minimum Gasteiger partial charge on any atom is -0.397 e. The first-order valence-corrected chi connectivity index (χ1v) is 8.27. The molecular formula is C16H21N3OS. The molecule has 3 rings (SSSR count). The number of thiophene rings is 1. The van der Waals surface area contributed by atoms with Crippen molar-refractivity contribution in [3.63, 3.8) is 0 Å². The normalized spacial score (nSPS) is 22.7. The number of carbonyl (C=O) groups excluding carboxylic acids is 1. The molecule has 112 valence electrons. The van der Waals surface area contributed by atoms with E-state index in [0.717, 1.165) is 28.7 Å². The number of anilines is 1. The van der Waals surface area contributed by atoms with Crippen molar-refractivity contribution < 1.29 is 4.79 Å². The lowest BCUT2D eigenvalue weighted by Crippen LogP contribution is -2.45. The van der Waals surface area contributed by atoms with Crippen LogP contribution in [0.5, 0.6) is 0 Å². The van der Waals surface area contributed by atoms with Gasteiger partial charge in [0.2, 0.25) is 0 Å². The van der Waals surface area contributed by atoms with Gasteiger partial charge < -0.3 is 10.6 Å². The van der Waals surface area contributed by atoms with Crippen molar-refractivity contribution in [1.29, 1.82) is 0 Å². The molecule has 1 fully saturated rings. The molecule has 1 aliphatic heterocycles. The van der Waals surface area contributed by atoms with E-state index in [4.69, 9.17) is 5.73 Å². The molecule has 1 amide bonds. The fourth-order valence-corrected chi connectivity index (χ4v) is 4.21. The smallest absolute Gasteiger partial charge is 0.266 e. The molecule has 0 spiro atoms. The van der Waals surface area contributed by atoms with Gasteiger partial charge in [0, 0.05) is 24.2 Å². The maximum atomic E-state index is 12.9. The number of nitrogen functional groups attached to an aromatic ring is 1. The van der Waals surface area contributed by atoms with Crippen LogP contribution in [0.15, 0.2) is 12.3 Å². The maximum Gasteiger partial charge on any atom is 0.266 e. The number of carbonyl (C=O) groups is 1.